The van der Waals surface area contributed by atoms with Gasteiger partial charge in [-0.25, -0.2) is 9.97 Å². The largest absolute Gasteiger partial charge is 0.487 e. The van der Waals surface area contributed by atoms with Crippen molar-refractivity contribution in [3.05, 3.63) is 71.8 Å². The van der Waals surface area contributed by atoms with Crippen LogP contribution in [0.5, 0.6) is 5.75 Å². The minimum absolute atomic E-state index is 0.0163. The van der Waals surface area contributed by atoms with Crippen molar-refractivity contribution in [2.45, 2.75) is 50.4 Å². The van der Waals surface area contributed by atoms with Gasteiger partial charge in [-0.1, -0.05) is 12.1 Å². The lowest BCUT2D eigenvalue weighted by molar-refractivity contribution is -0.142. The van der Waals surface area contributed by atoms with Crippen molar-refractivity contribution in [3.8, 4) is 16.9 Å². The number of halogens is 3. The summed E-state index contributed by atoms with van der Waals surface area (Å²) < 4.78 is 30.2. The van der Waals surface area contributed by atoms with Crippen molar-refractivity contribution in [1.29, 1.82) is 0 Å². The molecule has 204 valence electrons. The maximum atomic E-state index is 13.4. The molecule has 2 aliphatic rings. The Morgan fingerprint density at radius 1 is 1.15 bits per heavy atom. The van der Waals surface area contributed by atoms with Crippen molar-refractivity contribution in [2.75, 3.05) is 18.0 Å². The standard InChI is InChI=1S/C28H27ClF2N4O4/c1-16(2)35-24(27(38)34-13-21(36)14-34)10-19-8-18(9-23(26(19)35)20-11-32-15-33-12-20)25(37)7-17-3-5-22(6-4-17)39-28(29,30)31/h3-6,8-9,11-12,15-16,21,24,36H,7,10,13-14H2,1-2H3. The zero-order valence-corrected chi connectivity index (χ0v) is 22.1. The number of Topliss-reactive ketones (excluding diaryl/α,β-unsaturated/α-hetero) is 1. The monoisotopic (exact) mass is 556 g/mol. The summed E-state index contributed by atoms with van der Waals surface area (Å²) in [6, 6.07) is 8.87. The normalized spacial score (nSPS) is 17.3. The number of β-amino-alcohol motifs (C(OH)–C–C–N with tert-alkyl or cyclic N) is 1. The van der Waals surface area contributed by atoms with E-state index in [1.807, 2.05) is 19.9 Å². The fraction of sp³-hybridized carbons (Fsp3) is 0.357. The second kappa shape index (κ2) is 10.5. The van der Waals surface area contributed by atoms with Crippen molar-refractivity contribution >= 4 is 29.0 Å². The fourth-order valence-corrected chi connectivity index (χ4v) is 5.29. The number of amides is 1. The van der Waals surface area contributed by atoms with Crippen molar-refractivity contribution in [3.63, 3.8) is 0 Å². The molecule has 0 saturated carbocycles. The molecule has 1 fully saturated rings. The van der Waals surface area contributed by atoms with Crippen LogP contribution in [0.2, 0.25) is 0 Å². The van der Waals surface area contributed by atoms with Crippen LogP contribution < -0.4 is 9.64 Å². The van der Waals surface area contributed by atoms with Gasteiger partial charge in [0, 0.05) is 78.3 Å². The van der Waals surface area contributed by atoms with E-state index in [0.717, 1.165) is 16.8 Å². The van der Waals surface area contributed by atoms with E-state index in [0.29, 0.717) is 36.2 Å². The molecule has 3 heterocycles. The van der Waals surface area contributed by atoms with Crippen molar-refractivity contribution < 1.29 is 28.2 Å². The number of benzene rings is 2. The highest BCUT2D eigenvalue weighted by Crippen LogP contribution is 2.43. The van der Waals surface area contributed by atoms with Gasteiger partial charge in [-0.15, -0.1) is 8.78 Å². The number of likely N-dealkylation sites (tertiary alicyclic amines) is 1. The van der Waals surface area contributed by atoms with Crippen LogP contribution in [0.15, 0.2) is 55.1 Å². The molecular formula is C28H27ClF2N4O4. The van der Waals surface area contributed by atoms with Crippen LogP contribution in [-0.4, -0.2) is 68.5 Å². The molecule has 0 bridgehead atoms. The number of aliphatic hydroxyl groups is 1. The van der Waals surface area contributed by atoms with Crippen molar-refractivity contribution in [1.82, 2.24) is 14.9 Å². The average molecular weight is 557 g/mol. The highest BCUT2D eigenvalue weighted by atomic mass is 35.5. The van der Waals surface area contributed by atoms with Gasteiger partial charge in [0.05, 0.1) is 6.10 Å². The van der Waals surface area contributed by atoms with E-state index in [2.05, 4.69) is 19.6 Å². The number of anilines is 1. The molecule has 1 amide bonds. The molecule has 39 heavy (non-hydrogen) atoms. The van der Waals surface area contributed by atoms with Crippen LogP contribution in [-0.2, 0) is 17.6 Å². The van der Waals surface area contributed by atoms with Gasteiger partial charge >= 0.3 is 5.57 Å². The number of alkyl halides is 3. The topological polar surface area (TPSA) is 95.9 Å². The van der Waals surface area contributed by atoms with E-state index in [9.17, 15) is 23.5 Å². The summed E-state index contributed by atoms with van der Waals surface area (Å²) in [6.45, 7) is 4.65. The smallest absolute Gasteiger partial charge is 0.420 e. The zero-order valence-electron chi connectivity index (χ0n) is 21.4. The SMILES string of the molecule is CC(C)N1c2c(cc(C(=O)Cc3ccc(OC(F)(F)Cl)cc3)cc2-c2cncnc2)CC1C(=O)N1CC(O)C1. The highest BCUT2D eigenvalue weighted by molar-refractivity contribution is 6.20. The van der Waals surface area contributed by atoms with E-state index >= 15 is 0 Å². The summed E-state index contributed by atoms with van der Waals surface area (Å²) in [5.74, 6) is -0.351. The molecule has 0 spiro atoms. The number of hydrogen-bond donors (Lipinski definition) is 1. The lowest BCUT2D eigenvalue weighted by Crippen LogP contribution is -2.59. The first-order valence-electron chi connectivity index (χ1n) is 12.6. The number of ether oxygens (including phenoxy) is 1. The zero-order chi connectivity index (χ0) is 27.9. The van der Waals surface area contributed by atoms with Gasteiger partial charge in [0.15, 0.2) is 5.78 Å². The minimum Gasteiger partial charge on any atom is -0.420 e. The van der Waals surface area contributed by atoms with Gasteiger partial charge < -0.3 is 19.6 Å². The second-order valence-electron chi connectivity index (χ2n) is 10.1. The Bertz CT molecular complexity index is 1380. The summed E-state index contributed by atoms with van der Waals surface area (Å²) >= 11 is 4.82. The summed E-state index contributed by atoms with van der Waals surface area (Å²) in [5.41, 5.74) is 0.431. The molecule has 11 heteroatoms. The quantitative estimate of drug-likeness (QED) is 0.330. The summed E-state index contributed by atoms with van der Waals surface area (Å²) in [4.78, 5) is 38.9. The molecule has 0 aliphatic carbocycles. The second-order valence-corrected chi connectivity index (χ2v) is 10.5. The molecule has 5 rings (SSSR count). The first kappa shape index (κ1) is 27.0. The van der Waals surface area contributed by atoms with Crippen molar-refractivity contribution in [2.24, 2.45) is 0 Å². The van der Waals surface area contributed by atoms with Crippen LogP contribution >= 0.6 is 11.6 Å². The first-order valence-corrected chi connectivity index (χ1v) is 12.9. The number of carbonyl (C=O) groups is 2. The van der Waals surface area contributed by atoms with E-state index in [1.54, 1.807) is 23.4 Å². The Balaban J connectivity index is 1.48. The van der Waals surface area contributed by atoms with Crippen LogP contribution in [0.1, 0.15) is 35.3 Å². The number of hydrogen-bond acceptors (Lipinski definition) is 7. The molecule has 1 N–H and O–H groups in total. The molecule has 2 aliphatic heterocycles. The lowest BCUT2D eigenvalue weighted by Gasteiger charge is -2.41. The number of rotatable bonds is 8. The Labute approximate surface area is 229 Å². The number of nitrogens with zero attached hydrogens (tertiary/aromatic N) is 4. The Hall–Kier alpha value is -3.63. The van der Waals surface area contributed by atoms with Crippen LogP contribution in [0.25, 0.3) is 11.1 Å². The highest BCUT2D eigenvalue weighted by Gasteiger charge is 2.42. The Morgan fingerprint density at radius 2 is 1.82 bits per heavy atom. The third kappa shape index (κ3) is 5.72. The molecule has 1 aromatic heterocycles. The number of aromatic nitrogens is 2. The number of aliphatic hydroxyl groups excluding tert-OH is 1. The van der Waals surface area contributed by atoms with Gasteiger partial charge in [0.2, 0.25) is 5.91 Å². The average Bonchev–Trinajstić information content (AvgIpc) is 3.27. The van der Waals surface area contributed by atoms with Gasteiger partial charge in [0.25, 0.3) is 0 Å². The van der Waals surface area contributed by atoms with Gasteiger partial charge in [0.1, 0.15) is 18.1 Å². The maximum absolute atomic E-state index is 13.4. The molecule has 3 aromatic rings. The van der Waals surface area contributed by atoms with Crippen LogP contribution in [0.4, 0.5) is 14.5 Å². The maximum Gasteiger partial charge on any atom is 0.487 e. The van der Waals surface area contributed by atoms with Gasteiger partial charge in [-0.3, -0.25) is 9.59 Å². The van der Waals surface area contributed by atoms with Crippen LogP contribution in [0.3, 0.4) is 0 Å². The van der Waals surface area contributed by atoms with E-state index in [4.69, 9.17) is 11.6 Å². The number of ketones is 1. The van der Waals surface area contributed by atoms with Gasteiger partial charge in [-0.05, 0) is 49.2 Å². The number of fused-ring (bicyclic) bond motifs is 1. The third-order valence-electron chi connectivity index (χ3n) is 6.93. The summed E-state index contributed by atoms with van der Waals surface area (Å²) in [6.07, 6.45) is 4.71. The predicted molar refractivity (Wildman–Crippen MR) is 141 cm³/mol. The molecule has 1 unspecified atom stereocenters. The van der Waals surface area contributed by atoms with E-state index in [1.165, 1.54) is 30.6 Å². The third-order valence-corrected chi connectivity index (χ3v) is 7.00. The molecule has 2 aromatic carbocycles. The van der Waals surface area contributed by atoms with E-state index in [-0.39, 0.29) is 29.9 Å². The molecular weight excluding hydrogens is 530 g/mol. The minimum atomic E-state index is -3.82. The first-order chi connectivity index (χ1) is 18.5. The number of carbonyl (C=O) groups excluding carboxylic acids is 2. The molecule has 1 saturated heterocycles. The molecule has 0 radical (unpaired) electrons. The summed E-state index contributed by atoms with van der Waals surface area (Å²) in [5, 5.41) is 9.73. The molecule has 1 atom stereocenters. The lowest BCUT2D eigenvalue weighted by atomic mass is 9.94. The van der Waals surface area contributed by atoms with E-state index < -0.39 is 17.7 Å². The Morgan fingerprint density at radius 3 is 2.41 bits per heavy atom. The Kier molecular flexibility index (Phi) is 7.26. The summed E-state index contributed by atoms with van der Waals surface area (Å²) in [7, 11) is 0. The predicted octanol–water partition coefficient (Wildman–Crippen LogP) is 4.08. The molecule has 8 nitrogen and oxygen atoms in total. The van der Waals surface area contributed by atoms with Gasteiger partial charge in [-0.2, -0.15) is 0 Å². The fourth-order valence-electron chi connectivity index (χ4n) is 5.20. The van der Waals surface area contributed by atoms with Crippen LogP contribution in [0, 0.1) is 0 Å².